The molecule has 0 radical (unpaired) electrons. The SMILES string of the molecule is CCOP(=O)(OCC)[C@@H](Nc1ccccc1)c1ccc(F)cc1. The first kappa shape index (κ1) is 17.7. The lowest BCUT2D eigenvalue weighted by molar-refractivity contribution is 0.214. The smallest absolute Gasteiger partial charge is 0.357 e. The molecule has 0 aromatic heterocycles. The monoisotopic (exact) mass is 337 g/mol. The quantitative estimate of drug-likeness (QED) is 0.672. The molecule has 2 aromatic rings. The van der Waals surface area contributed by atoms with Crippen LogP contribution in [-0.4, -0.2) is 13.2 Å². The van der Waals surface area contributed by atoms with E-state index in [9.17, 15) is 8.96 Å². The van der Waals surface area contributed by atoms with Gasteiger partial charge in [0.15, 0.2) is 5.78 Å². The van der Waals surface area contributed by atoms with E-state index in [-0.39, 0.29) is 19.0 Å². The van der Waals surface area contributed by atoms with Gasteiger partial charge in [-0.15, -0.1) is 0 Å². The van der Waals surface area contributed by atoms with Gasteiger partial charge >= 0.3 is 7.60 Å². The van der Waals surface area contributed by atoms with Crippen LogP contribution in [-0.2, 0) is 13.6 Å². The number of halogens is 1. The van der Waals surface area contributed by atoms with Gasteiger partial charge in [0.2, 0.25) is 0 Å². The highest BCUT2D eigenvalue weighted by Gasteiger charge is 2.37. The van der Waals surface area contributed by atoms with Crippen molar-refractivity contribution in [1.82, 2.24) is 0 Å². The third kappa shape index (κ3) is 4.64. The fourth-order valence-corrected chi connectivity index (χ4v) is 4.17. The molecule has 0 amide bonds. The second kappa shape index (κ2) is 8.25. The zero-order valence-electron chi connectivity index (χ0n) is 13.2. The molecule has 4 nitrogen and oxygen atoms in total. The number of nitrogens with one attached hydrogen (secondary N) is 1. The molecule has 2 aromatic carbocycles. The van der Waals surface area contributed by atoms with Crippen molar-refractivity contribution in [3.63, 3.8) is 0 Å². The summed E-state index contributed by atoms with van der Waals surface area (Å²) in [6.07, 6.45) is 0. The molecule has 0 aliphatic heterocycles. The predicted octanol–water partition coefficient (Wildman–Crippen LogP) is 5.20. The Balaban J connectivity index is 2.40. The highest BCUT2D eigenvalue weighted by atomic mass is 31.2. The minimum absolute atomic E-state index is 0.255. The second-order valence-corrected chi connectivity index (χ2v) is 6.95. The van der Waals surface area contributed by atoms with Crippen LogP contribution in [0.4, 0.5) is 10.1 Å². The largest absolute Gasteiger partial charge is 0.368 e. The van der Waals surface area contributed by atoms with E-state index in [1.54, 1.807) is 26.0 Å². The lowest BCUT2D eigenvalue weighted by atomic mass is 10.2. The summed E-state index contributed by atoms with van der Waals surface area (Å²) in [4.78, 5) is 0. The Bertz CT molecular complexity index is 639. The van der Waals surface area contributed by atoms with Crippen LogP contribution < -0.4 is 5.32 Å². The molecule has 2 rings (SSSR count). The van der Waals surface area contributed by atoms with Crippen molar-refractivity contribution in [3.05, 3.63) is 66.0 Å². The van der Waals surface area contributed by atoms with Gasteiger partial charge in [-0.1, -0.05) is 30.3 Å². The minimum atomic E-state index is -3.47. The number of para-hydroxylation sites is 1. The highest BCUT2D eigenvalue weighted by Crippen LogP contribution is 2.60. The molecule has 0 unspecified atom stereocenters. The van der Waals surface area contributed by atoms with Gasteiger partial charge < -0.3 is 14.4 Å². The number of benzene rings is 2. The molecule has 0 fully saturated rings. The molecule has 1 atom stereocenters. The van der Waals surface area contributed by atoms with E-state index in [0.29, 0.717) is 5.56 Å². The summed E-state index contributed by atoms with van der Waals surface area (Å²) in [5, 5.41) is 3.19. The van der Waals surface area contributed by atoms with Crippen LogP contribution in [0.15, 0.2) is 54.6 Å². The summed E-state index contributed by atoms with van der Waals surface area (Å²) in [6, 6.07) is 15.2. The van der Waals surface area contributed by atoms with Crippen molar-refractivity contribution < 1.29 is 18.0 Å². The van der Waals surface area contributed by atoms with E-state index in [2.05, 4.69) is 5.32 Å². The van der Waals surface area contributed by atoms with Crippen molar-refractivity contribution in [2.24, 2.45) is 0 Å². The van der Waals surface area contributed by atoms with E-state index >= 15 is 0 Å². The maximum atomic E-state index is 13.2. The molecular formula is C17H21FNO3P. The Kier molecular flexibility index (Phi) is 6.34. The molecule has 6 heteroatoms. The van der Waals surface area contributed by atoms with Crippen molar-refractivity contribution in [2.45, 2.75) is 19.6 Å². The van der Waals surface area contributed by atoms with Crippen molar-refractivity contribution in [2.75, 3.05) is 18.5 Å². The van der Waals surface area contributed by atoms with E-state index in [4.69, 9.17) is 9.05 Å². The molecule has 1 N–H and O–H groups in total. The molecule has 0 aliphatic carbocycles. The maximum absolute atomic E-state index is 13.2. The lowest BCUT2D eigenvalue weighted by Crippen LogP contribution is -2.15. The zero-order chi connectivity index (χ0) is 16.7. The van der Waals surface area contributed by atoms with Crippen LogP contribution in [0.5, 0.6) is 0 Å². The van der Waals surface area contributed by atoms with Crippen LogP contribution in [0.25, 0.3) is 0 Å². The van der Waals surface area contributed by atoms with Crippen LogP contribution >= 0.6 is 7.60 Å². The fourth-order valence-electron chi connectivity index (χ4n) is 2.23. The van der Waals surface area contributed by atoms with Gasteiger partial charge in [-0.05, 0) is 43.7 Å². The van der Waals surface area contributed by atoms with Gasteiger partial charge in [-0.2, -0.15) is 0 Å². The fraction of sp³-hybridized carbons (Fsp3) is 0.294. The van der Waals surface area contributed by atoms with Crippen molar-refractivity contribution in [3.8, 4) is 0 Å². The van der Waals surface area contributed by atoms with E-state index in [0.717, 1.165) is 5.69 Å². The number of anilines is 1. The molecule has 124 valence electrons. The Morgan fingerprint density at radius 1 is 1.00 bits per heavy atom. The molecule has 0 bridgehead atoms. The Hall–Kier alpha value is -1.68. The summed E-state index contributed by atoms with van der Waals surface area (Å²) in [7, 11) is -3.47. The summed E-state index contributed by atoms with van der Waals surface area (Å²) >= 11 is 0. The number of hydrogen-bond donors (Lipinski definition) is 1. The Morgan fingerprint density at radius 3 is 2.09 bits per heavy atom. The molecule has 0 saturated carbocycles. The summed E-state index contributed by atoms with van der Waals surface area (Å²) in [5.41, 5.74) is 1.42. The first-order chi connectivity index (χ1) is 11.1. The second-order valence-electron chi connectivity index (χ2n) is 4.84. The number of rotatable bonds is 8. The van der Waals surface area contributed by atoms with Gasteiger partial charge in [0.05, 0.1) is 13.2 Å². The highest BCUT2D eigenvalue weighted by molar-refractivity contribution is 7.54. The molecule has 23 heavy (non-hydrogen) atoms. The summed E-state index contributed by atoms with van der Waals surface area (Å²) in [6.45, 7) is 4.03. The van der Waals surface area contributed by atoms with E-state index < -0.39 is 13.4 Å². The average molecular weight is 337 g/mol. The average Bonchev–Trinajstić information content (AvgIpc) is 2.55. The van der Waals surface area contributed by atoms with E-state index in [1.807, 2.05) is 30.3 Å². The summed E-state index contributed by atoms with van der Waals surface area (Å²) in [5.74, 6) is -1.07. The number of hydrogen-bond acceptors (Lipinski definition) is 4. The van der Waals surface area contributed by atoms with Crippen LogP contribution in [0.1, 0.15) is 25.2 Å². The van der Waals surface area contributed by atoms with Crippen molar-refractivity contribution in [1.29, 1.82) is 0 Å². The molecule has 0 heterocycles. The van der Waals surface area contributed by atoms with Crippen LogP contribution in [0.3, 0.4) is 0 Å². The Labute approximate surface area is 136 Å². The first-order valence-corrected chi connectivity index (χ1v) is 9.16. The van der Waals surface area contributed by atoms with Gasteiger partial charge in [0, 0.05) is 5.69 Å². The topological polar surface area (TPSA) is 47.6 Å². The third-order valence-corrected chi connectivity index (χ3v) is 5.49. The van der Waals surface area contributed by atoms with Crippen molar-refractivity contribution >= 4 is 13.3 Å². The molecule has 0 aliphatic rings. The van der Waals surface area contributed by atoms with Gasteiger partial charge in [0.1, 0.15) is 5.82 Å². The van der Waals surface area contributed by atoms with Gasteiger partial charge in [-0.25, -0.2) is 4.39 Å². The summed E-state index contributed by atoms with van der Waals surface area (Å²) < 4.78 is 37.4. The zero-order valence-corrected chi connectivity index (χ0v) is 14.1. The van der Waals surface area contributed by atoms with Gasteiger partial charge in [-0.3, -0.25) is 4.57 Å². The predicted molar refractivity (Wildman–Crippen MR) is 90.1 cm³/mol. The first-order valence-electron chi connectivity index (χ1n) is 7.55. The molecule has 0 saturated heterocycles. The molecular weight excluding hydrogens is 316 g/mol. The van der Waals surface area contributed by atoms with Crippen LogP contribution in [0.2, 0.25) is 0 Å². The standard InChI is InChI=1S/C17H21FNO3P/c1-3-21-23(20,22-4-2)17(14-10-12-15(18)13-11-14)19-16-8-6-5-7-9-16/h5-13,17,19H,3-4H2,1-2H3/t17-/m1/s1. The normalized spacial score (nSPS) is 12.8. The molecule has 0 spiro atoms. The van der Waals surface area contributed by atoms with Gasteiger partial charge in [0.25, 0.3) is 0 Å². The lowest BCUT2D eigenvalue weighted by Gasteiger charge is -2.28. The van der Waals surface area contributed by atoms with Crippen LogP contribution in [0, 0.1) is 5.82 Å². The minimum Gasteiger partial charge on any atom is -0.368 e. The Morgan fingerprint density at radius 2 is 1.57 bits per heavy atom. The third-order valence-electron chi connectivity index (χ3n) is 3.20. The maximum Gasteiger partial charge on any atom is 0.357 e. The van der Waals surface area contributed by atoms with E-state index in [1.165, 1.54) is 12.1 Å².